The summed E-state index contributed by atoms with van der Waals surface area (Å²) in [6.45, 7) is 3.86. The zero-order valence-corrected chi connectivity index (χ0v) is 13.7. The van der Waals surface area contributed by atoms with Gasteiger partial charge in [-0.1, -0.05) is 21.1 Å². The Labute approximate surface area is 135 Å². The fourth-order valence-electron chi connectivity index (χ4n) is 2.58. The molecule has 114 valence electrons. The average molecular weight is 364 g/mol. The number of anilines is 2. The van der Waals surface area contributed by atoms with Gasteiger partial charge in [-0.3, -0.25) is 9.59 Å². The van der Waals surface area contributed by atoms with Crippen LogP contribution in [0.1, 0.15) is 28.7 Å². The minimum atomic E-state index is -0.368. The van der Waals surface area contributed by atoms with Crippen LogP contribution in [0, 0.1) is 6.92 Å². The van der Waals surface area contributed by atoms with Gasteiger partial charge in [0.25, 0.3) is 5.91 Å². The van der Waals surface area contributed by atoms with Crippen LogP contribution in [0.15, 0.2) is 27.2 Å². The Balaban J connectivity index is 1.97. The fraction of sp³-hybridized carbons (Fsp3) is 0.267. The van der Waals surface area contributed by atoms with Gasteiger partial charge in [-0.05, 0) is 31.0 Å². The van der Waals surface area contributed by atoms with Gasteiger partial charge >= 0.3 is 0 Å². The van der Waals surface area contributed by atoms with E-state index in [1.165, 1.54) is 6.92 Å². The summed E-state index contributed by atoms with van der Waals surface area (Å²) in [5, 5.41) is 6.51. The second kappa shape index (κ2) is 5.57. The Morgan fingerprint density at radius 3 is 2.77 bits per heavy atom. The number of amides is 2. The third kappa shape index (κ3) is 2.64. The molecule has 0 saturated heterocycles. The Kier molecular flexibility index (Phi) is 3.74. The molecule has 0 fully saturated rings. The Hall–Kier alpha value is -2.15. The molecule has 3 rings (SSSR count). The Morgan fingerprint density at radius 2 is 2.14 bits per heavy atom. The highest BCUT2D eigenvalue weighted by molar-refractivity contribution is 9.10. The lowest BCUT2D eigenvalue weighted by Gasteiger charge is -2.19. The van der Waals surface area contributed by atoms with Crippen molar-refractivity contribution in [3.63, 3.8) is 0 Å². The maximum atomic E-state index is 12.3. The molecule has 0 saturated carbocycles. The van der Waals surface area contributed by atoms with Crippen molar-refractivity contribution in [2.45, 2.75) is 20.3 Å². The Morgan fingerprint density at radius 1 is 1.36 bits per heavy atom. The lowest BCUT2D eigenvalue weighted by atomic mass is 10.1. The smallest absolute Gasteiger partial charge is 0.277 e. The Bertz CT molecular complexity index is 769. The maximum Gasteiger partial charge on any atom is 0.277 e. The largest absolute Gasteiger partial charge is 0.361 e. The van der Waals surface area contributed by atoms with Gasteiger partial charge in [-0.25, -0.2) is 0 Å². The molecule has 0 radical (unpaired) electrons. The molecule has 1 aliphatic rings. The summed E-state index contributed by atoms with van der Waals surface area (Å²) in [7, 11) is 0. The zero-order chi connectivity index (χ0) is 15.9. The molecule has 2 amide bonds. The van der Waals surface area contributed by atoms with Crippen LogP contribution in [0.5, 0.6) is 0 Å². The number of benzene rings is 1. The molecule has 22 heavy (non-hydrogen) atoms. The summed E-state index contributed by atoms with van der Waals surface area (Å²) in [5.74, 6) is 0.149. The van der Waals surface area contributed by atoms with Crippen LogP contribution in [0.25, 0.3) is 0 Å². The second-order valence-electron chi connectivity index (χ2n) is 5.16. The van der Waals surface area contributed by atoms with Crippen molar-refractivity contribution in [2.24, 2.45) is 0 Å². The molecule has 0 atom stereocenters. The molecule has 0 bridgehead atoms. The monoisotopic (exact) mass is 363 g/mol. The number of hydrogen-bond acceptors (Lipinski definition) is 4. The second-order valence-corrected chi connectivity index (χ2v) is 6.07. The summed E-state index contributed by atoms with van der Waals surface area (Å²) in [6, 6.07) is 5.31. The number of fused-ring (bicyclic) bond motifs is 1. The van der Waals surface area contributed by atoms with E-state index >= 15 is 0 Å². The first kappa shape index (κ1) is 14.8. The van der Waals surface area contributed by atoms with Gasteiger partial charge < -0.3 is 14.7 Å². The number of aryl methyl sites for hydroxylation is 1. The zero-order valence-electron chi connectivity index (χ0n) is 12.1. The van der Waals surface area contributed by atoms with E-state index in [9.17, 15) is 9.59 Å². The number of nitrogens with one attached hydrogen (secondary N) is 1. The normalized spacial score (nSPS) is 13.1. The minimum absolute atomic E-state index is 0.0474. The van der Waals surface area contributed by atoms with Crippen molar-refractivity contribution in [1.82, 2.24) is 5.16 Å². The van der Waals surface area contributed by atoms with Crippen molar-refractivity contribution in [3.05, 3.63) is 39.7 Å². The van der Waals surface area contributed by atoms with Gasteiger partial charge in [0.15, 0.2) is 5.69 Å². The average Bonchev–Trinajstić information content (AvgIpc) is 3.04. The molecular weight excluding hydrogens is 350 g/mol. The highest BCUT2D eigenvalue weighted by Gasteiger charge is 2.27. The number of rotatable bonds is 2. The van der Waals surface area contributed by atoms with E-state index in [4.69, 9.17) is 4.52 Å². The van der Waals surface area contributed by atoms with Crippen molar-refractivity contribution in [3.8, 4) is 0 Å². The number of carbonyl (C=O) groups is 2. The first-order valence-electron chi connectivity index (χ1n) is 6.81. The lowest BCUT2D eigenvalue weighted by Crippen LogP contribution is -2.27. The summed E-state index contributed by atoms with van der Waals surface area (Å²) in [5.41, 5.74) is 2.57. The maximum absolute atomic E-state index is 12.3. The molecule has 1 aliphatic heterocycles. The summed E-state index contributed by atoms with van der Waals surface area (Å²) >= 11 is 3.43. The molecule has 6 nitrogen and oxygen atoms in total. The topological polar surface area (TPSA) is 75.4 Å². The van der Waals surface area contributed by atoms with Crippen molar-refractivity contribution in [2.75, 3.05) is 16.8 Å². The molecule has 1 aromatic heterocycles. The van der Waals surface area contributed by atoms with E-state index in [1.54, 1.807) is 24.0 Å². The van der Waals surface area contributed by atoms with Gasteiger partial charge in [0, 0.05) is 24.0 Å². The third-order valence-electron chi connectivity index (χ3n) is 3.52. The number of nitrogens with zero attached hydrogens (tertiary/aromatic N) is 2. The number of hydrogen-bond donors (Lipinski definition) is 1. The predicted octanol–water partition coefficient (Wildman–Crippen LogP) is 2.91. The highest BCUT2D eigenvalue weighted by atomic mass is 79.9. The quantitative estimate of drug-likeness (QED) is 0.889. The van der Waals surface area contributed by atoms with Gasteiger partial charge in [-0.2, -0.15) is 0 Å². The van der Waals surface area contributed by atoms with Gasteiger partial charge in [-0.15, -0.1) is 0 Å². The van der Waals surface area contributed by atoms with Gasteiger partial charge in [0.1, 0.15) is 5.76 Å². The first-order chi connectivity index (χ1) is 10.5. The molecule has 2 aromatic rings. The number of aromatic nitrogens is 1. The molecule has 1 aromatic carbocycles. The lowest BCUT2D eigenvalue weighted by molar-refractivity contribution is -0.116. The van der Waals surface area contributed by atoms with E-state index < -0.39 is 0 Å². The highest BCUT2D eigenvalue weighted by Crippen LogP contribution is 2.38. The van der Waals surface area contributed by atoms with E-state index in [1.807, 2.05) is 6.07 Å². The van der Waals surface area contributed by atoms with Crippen LogP contribution in [0.3, 0.4) is 0 Å². The van der Waals surface area contributed by atoms with Crippen molar-refractivity contribution in [1.29, 1.82) is 0 Å². The number of halogens is 1. The van der Waals surface area contributed by atoms with Gasteiger partial charge in [0.2, 0.25) is 5.91 Å². The molecular formula is C15H14BrN3O3. The van der Waals surface area contributed by atoms with Crippen LogP contribution in [-0.4, -0.2) is 23.5 Å². The first-order valence-corrected chi connectivity index (χ1v) is 7.60. The predicted molar refractivity (Wildman–Crippen MR) is 85.1 cm³/mol. The van der Waals surface area contributed by atoms with Crippen LogP contribution < -0.4 is 10.2 Å². The van der Waals surface area contributed by atoms with E-state index in [2.05, 4.69) is 26.4 Å². The number of carbonyl (C=O) groups excluding carboxylic acids is 2. The minimum Gasteiger partial charge on any atom is -0.361 e. The van der Waals surface area contributed by atoms with Crippen LogP contribution in [0.2, 0.25) is 0 Å². The van der Waals surface area contributed by atoms with Crippen LogP contribution in [0.4, 0.5) is 11.4 Å². The van der Waals surface area contributed by atoms with Crippen molar-refractivity contribution < 1.29 is 14.1 Å². The van der Waals surface area contributed by atoms with E-state index in [-0.39, 0.29) is 17.5 Å². The van der Waals surface area contributed by atoms with Crippen molar-refractivity contribution >= 4 is 39.1 Å². The summed E-state index contributed by atoms with van der Waals surface area (Å²) in [6.07, 6.45) is 0.764. The summed E-state index contributed by atoms with van der Waals surface area (Å²) in [4.78, 5) is 25.7. The van der Waals surface area contributed by atoms with E-state index in [0.717, 1.165) is 22.1 Å². The van der Waals surface area contributed by atoms with Crippen LogP contribution >= 0.6 is 15.9 Å². The molecule has 7 heteroatoms. The SMILES string of the molecule is CC(=O)N1CCc2cc(Br)cc(NC(=O)c3cc(C)on3)c21. The van der Waals surface area contributed by atoms with E-state index in [0.29, 0.717) is 18.0 Å². The standard InChI is InChI=1S/C15H14BrN3O3/c1-8-5-13(18-22-8)15(21)17-12-7-11(16)6-10-3-4-19(9(2)20)14(10)12/h5-7H,3-4H2,1-2H3,(H,17,21). The molecule has 0 aliphatic carbocycles. The molecule has 0 spiro atoms. The molecule has 2 heterocycles. The van der Waals surface area contributed by atoms with Gasteiger partial charge in [0.05, 0.1) is 11.4 Å². The van der Waals surface area contributed by atoms with Crippen LogP contribution in [-0.2, 0) is 11.2 Å². The third-order valence-corrected chi connectivity index (χ3v) is 3.98. The fourth-order valence-corrected chi connectivity index (χ4v) is 3.08. The summed E-state index contributed by atoms with van der Waals surface area (Å²) < 4.78 is 5.76. The molecule has 1 N–H and O–H groups in total. The molecule has 0 unspecified atom stereocenters.